The van der Waals surface area contributed by atoms with E-state index in [1.165, 1.54) is 12.1 Å². The van der Waals surface area contributed by atoms with Crippen LogP contribution in [0.5, 0.6) is 5.75 Å². The lowest BCUT2D eigenvalue weighted by Crippen LogP contribution is -2.52. The monoisotopic (exact) mass is 280 g/mol. The second-order valence-corrected chi connectivity index (χ2v) is 5.65. The molecule has 1 aliphatic rings. The van der Waals surface area contributed by atoms with Crippen molar-refractivity contribution in [3.63, 3.8) is 0 Å². The van der Waals surface area contributed by atoms with E-state index in [1.807, 2.05) is 20.8 Å². The second-order valence-electron chi connectivity index (χ2n) is 5.65. The molecule has 2 rings (SSSR count). The summed E-state index contributed by atoms with van der Waals surface area (Å²) in [6, 6.07) is 4.62. The van der Waals surface area contributed by atoms with Gasteiger partial charge in [-0.05, 0) is 32.4 Å². The zero-order valence-corrected chi connectivity index (χ0v) is 12.0. The van der Waals surface area contributed by atoms with E-state index in [1.54, 1.807) is 6.07 Å². The van der Waals surface area contributed by atoms with Gasteiger partial charge in [0.1, 0.15) is 18.5 Å². The van der Waals surface area contributed by atoms with E-state index < -0.39 is 4.92 Å². The van der Waals surface area contributed by atoms with Crippen LogP contribution in [0.3, 0.4) is 0 Å². The van der Waals surface area contributed by atoms with E-state index >= 15 is 0 Å². The lowest BCUT2D eigenvalue weighted by Gasteiger charge is -2.36. The highest BCUT2D eigenvalue weighted by Crippen LogP contribution is 2.25. The molecule has 6 heteroatoms. The lowest BCUT2D eigenvalue weighted by atomic mass is 10.1. The predicted molar refractivity (Wildman–Crippen MR) is 75.2 cm³/mol. The minimum atomic E-state index is -0.423. The number of hydrogen-bond donors (Lipinski definition) is 1. The summed E-state index contributed by atoms with van der Waals surface area (Å²) >= 11 is 0. The normalized spacial score (nSPS) is 21.4. The van der Waals surface area contributed by atoms with Gasteiger partial charge in [0, 0.05) is 19.2 Å². The predicted octanol–water partition coefficient (Wildman–Crippen LogP) is 2.05. The molecule has 1 atom stereocenters. The average molecular weight is 280 g/mol. The smallest absolute Gasteiger partial charge is 0.273 e. The van der Waals surface area contributed by atoms with Crippen LogP contribution in [0.2, 0.25) is 0 Å². The molecule has 0 bridgehead atoms. The Morgan fingerprint density at radius 3 is 2.95 bits per heavy atom. The van der Waals surface area contributed by atoms with E-state index in [9.17, 15) is 10.1 Å². The van der Waals surface area contributed by atoms with Crippen LogP contribution in [0.1, 0.15) is 19.4 Å². The minimum absolute atomic E-state index is 0.0358. The summed E-state index contributed by atoms with van der Waals surface area (Å²) < 4.78 is 11.6. The molecule has 0 aromatic heterocycles. The molecule has 1 heterocycles. The number of nitro benzene ring substituents is 1. The molecule has 1 aromatic carbocycles. The fraction of sp³-hybridized carbons (Fsp3) is 0.571. The number of rotatable bonds is 4. The highest BCUT2D eigenvalue weighted by molar-refractivity contribution is 5.43. The highest BCUT2D eigenvalue weighted by atomic mass is 16.6. The van der Waals surface area contributed by atoms with Crippen LogP contribution in [0.25, 0.3) is 0 Å². The first kappa shape index (κ1) is 14.7. The minimum Gasteiger partial charge on any atom is -0.490 e. The third-order valence-corrected chi connectivity index (χ3v) is 3.22. The molecule has 0 radical (unpaired) electrons. The standard InChI is InChI=1S/C14H20N2O4/c1-10-4-5-11(16(17)18)6-13(10)19-8-12-7-15-9-14(2,3)20-12/h4-6,12,15H,7-9H2,1-3H3. The Balaban J connectivity index is 2.00. The Bertz CT molecular complexity index is 502. The van der Waals surface area contributed by atoms with Crippen LogP contribution >= 0.6 is 0 Å². The third-order valence-electron chi connectivity index (χ3n) is 3.22. The van der Waals surface area contributed by atoms with Crippen molar-refractivity contribution in [3.05, 3.63) is 33.9 Å². The van der Waals surface area contributed by atoms with Crippen molar-refractivity contribution in [2.45, 2.75) is 32.5 Å². The van der Waals surface area contributed by atoms with E-state index in [0.717, 1.165) is 18.7 Å². The first-order valence-corrected chi connectivity index (χ1v) is 6.64. The average Bonchev–Trinajstić information content (AvgIpc) is 2.36. The number of nitro groups is 1. The number of hydrogen-bond acceptors (Lipinski definition) is 5. The molecule has 1 aromatic rings. The topological polar surface area (TPSA) is 73.6 Å². The zero-order chi connectivity index (χ0) is 14.8. The van der Waals surface area contributed by atoms with Gasteiger partial charge in [-0.1, -0.05) is 0 Å². The van der Waals surface area contributed by atoms with Crippen molar-refractivity contribution < 1.29 is 14.4 Å². The summed E-state index contributed by atoms with van der Waals surface area (Å²) in [4.78, 5) is 10.3. The van der Waals surface area contributed by atoms with Crippen LogP contribution in [0, 0.1) is 17.0 Å². The van der Waals surface area contributed by atoms with Gasteiger partial charge in [0.25, 0.3) is 5.69 Å². The molecule has 1 fully saturated rings. The van der Waals surface area contributed by atoms with Crippen molar-refractivity contribution in [2.24, 2.45) is 0 Å². The van der Waals surface area contributed by atoms with Crippen molar-refractivity contribution in [2.75, 3.05) is 19.7 Å². The van der Waals surface area contributed by atoms with Crippen LogP contribution in [-0.2, 0) is 4.74 Å². The van der Waals surface area contributed by atoms with Gasteiger partial charge in [0.15, 0.2) is 0 Å². The molecule has 1 unspecified atom stereocenters. The quantitative estimate of drug-likeness (QED) is 0.675. The van der Waals surface area contributed by atoms with Crippen LogP contribution < -0.4 is 10.1 Å². The fourth-order valence-electron chi connectivity index (χ4n) is 2.20. The van der Waals surface area contributed by atoms with Crippen molar-refractivity contribution in [3.8, 4) is 5.75 Å². The number of non-ortho nitro benzene ring substituents is 1. The number of morpholine rings is 1. The molecule has 1 aliphatic heterocycles. The SMILES string of the molecule is Cc1ccc([N+](=O)[O-])cc1OCC1CNCC(C)(C)O1. The lowest BCUT2D eigenvalue weighted by molar-refractivity contribution is -0.385. The molecule has 0 saturated carbocycles. The molecule has 1 saturated heterocycles. The first-order chi connectivity index (χ1) is 9.37. The Labute approximate surface area is 118 Å². The van der Waals surface area contributed by atoms with Gasteiger partial charge in [-0.3, -0.25) is 10.1 Å². The van der Waals surface area contributed by atoms with Crippen LogP contribution in [-0.4, -0.2) is 36.3 Å². The van der Waals surface area contributed by atoms with Gasteiger partial charge >= 0.3 is 0 Å². The van der Waals surface area contributed by atoms with Crippen molar-refractivity contribution in [1.82, 2.24) is 5.32 Å². The summed E-state index contributed by atoms with van der Waals surface area (Å²) in [5.41, 5.74) is 0.691. The third kappa shape index (κ3) is 3.68. The van der Waals surface area contributed by atoms with Crippen molar-refractivity contribution >= 4 is 5.69 Å². The van der Waals surface area contributed by atoms with Crippen LogP contribution in [0.4, 0.5) is 5.69 Å². The van der Waals surface area contributed by atoms with Gasteiger partial charge in [-0.2, -0.15) is 0 Å². The van der Waals surface area contributed by atoms with Gasteiger partial charge in [0.2, 0.25) is 0 Å². The fourth-order valence-corrected chi connectivity index (χ4v) is 2.20. The number of aryl methyl sites for hydroxylation is 1. The number of ether oxygens (including phenoxy) is 2. The number of benzene rings is 1. The Morgan fingerprint density at radius 2 is 2.30 bits per heavy atom. The van der Waals surface area contributed by atoms with Crippen molar-refractivity contribution in [1.29, 1.82) is 0 Å². The Hall–Kier alpha value is -1.66. The summed E-state index contributed by atoms with van der Waals surface area (Å²) in [6.07, 6.45) is -0.0580. The van der Waals surface area contributed by atoms with E-state index in [4.69, 9.17) is 9.47 Å². The second kappa shape index (κ2) is 5.76. The van der Waals surface area contributed by atoms with E-state index in [0.29, 0.717) is 12.4 Å². The maximum Gasteiger partial charge on any atom is 0.273 e. The molecule has 1 N–H and O–H groups in total. The van der Waals surface area contributed by atoms with Gasteiger partial charge in [0.05, 0.1) is 16.6 Å². The Morgan fingerprint density at radius 1 is 1.55 bits per heavy atom. The molecular formula is C14H20N2O4. The summed E-state index contributed by atoms with van der Waals surface area (Å²) in [5, 5.41) is 14.1. The van der Waals surface area contributed by atoms with E-state index in [-0.39, 0.29) is 17.4 Å². The molecule has 0 amide bonds. The highest BCUT2D eigenvalue weighted by Gasteiger charge is 2.28. The van der Waals surface area contributed by atoms with Gasteiger partial charge in [-0.15, -0.1) is 0 Å². The molecular weight excluding hydrogens is 260 g/mol. The first-order valence-electron chi connectivity index (χ1n) is 6.64. The summed E-state index contributed by atoms with van der Waals surface area (Å²) in [5.74, 6) is 0.533. The number of nitrogens with one attached hydrogen (secondary N) is 1. The maximum atomic E-state index is 10.8. The molecule has 0 aliphatic carbocycles. The molecule has 110 valence electrons. The van der Waals surface area contributed by atoms with Crippen LogP contribution in [0.15, 0.2) is 18.2 Å². The summed E-state index contributed by atoms with van der Waals surface area (Å²) in [7, 11) is 0. The van der Waals surface area contributed by atoms with E-state index in [2.05, 4.69) is 5.32 Å². The molecule has 0 spiro atoms. The van der Waals surface area contributed by atoms with Gasteiger partial charge < -0.3 is 14.8 Å². The largest absolute Gasteiger partial charge is 0.490 e. The molecule has 20 heavy (non-hydrogen) atoms. The number of nitrogens with zero attached hydrogens (tertiary/aromatic N) is 1. The molecule has 6 nitrogen and oxygen atoms in total. The zero-order valence-electron chi connectivity index (χ0n) is 12.0. The maximum absolute atomic E-state index is 10.8. The summed E-state index contributed by atoms with van der Waals surface area (Å²) in [6.45, 7) is 7.80. The Kier molecular flexibility index (Phi) is 4.25. The van der Waals surface area contributed by atoms with Gasteiger partial charge in [-0.25, -0.2) is 0 Å².